The minimum Gasteiger partial charge on any atom is -0.309 e. The normalized spacial score (nSPS) is 11.5. The molecule has 3 heterocycles. The molecule has 3 aromatic heterocycles. The number of benzene rings is 1. The molecule has 0 amide bonds. The third kappa shape index (κ3) is 2.94. The van der Waals surface area contributed by atoms with E-state index in [1.54, 1.807) is 29.2 Å². The number of nitrogens with one attached hydrogen (secondary N) is 1. The van der Waals surface area contributed by atoms with E-state index in [1.165, 1.54) is 10.4 Å². The third-order valence-corrected chi connectivity index (χ3v) is 6.20. The Labute approximate surface area is 152 Å². The van der Waals surface area contributed by atoms with Crippen LogP contribution in [0.25, 0.3) is 21.1 Å². The second kappa shape index (κ2) is 6.24. The summed E-state index contributed by atoms with van der Waals surface area (Å²) in [6.45, 7) is 6.12. The summed E-state index contributed by atoms with van der Waals surface area (Å²) in [5.41, 5.74) is 1.84. The van der Waals surface area contributed by atoms with Crippen molar-refractivity contribution in [1.82, 2.24) is 19.9 Å². The van der Waals surface area contributed by atoms with Gasteiger partial charge in [-0.2, -0.15) is 0 Å². The highest BCUT2D eigenvalue weighted by Crippen LogP contribution is 2.35. The van der Waals surface area contributed by atoms with Crippen molar-refractivity contribution in [3.05, 3.63) is 56.7 Å². The zero-order chi connectivity index (χ0) is 17.6. The Balaban J connectivity index is 1.72. The fraction of sp³-hybridized carbons (Fsp3) is 0.222. The molecule has 0 bridgehead atoms. The van der Waals surface area contributed by atoms with Crippen LogP contribution in [-0.4, -0.2) is 19.9 Å². The van der Waals surface area contributed by atoms with Crippen molar-refractivity contribution < 1.29 is 0 Å². The molecule has 0 aliphatic rings. The zero-order valence-corrected chi connectivity index (χ0v) is 15.7. The van der Waals surface area contributed by atoms with E-state index in [9.17, 15) is 4.79 Å². The van der Waals surface area contributed by atoms with Gasteiger partial charge in [-0.3, -0.25) is 4.79 Å². The van der Waals surface area contributed by atoms with Gasteiger partial charge in [0.1, 0.15) is 21.5 Å². The molecule has 0 atom stereocenters. The van der Waals surface area contributed by atoms with Gasteiger partial charge in [-0.15, -0.1) is 11.3 Å². The van der Waals surface area contributed by atoms with Gasteiger partial charge in [0.2, 0.25) is 0 Å². The van der Waals surface area contributed by atoms with Gasteiger partial charge >= 0.3 is 0 Å². The van der Waals surface area contributed by atoms with Crippen molar-refractivity contribution in [3.63, 3.8) is 0 Å². The van der Waals surface area contributed by atoms with Crippen molar-refractivity contribution in [2.24, 2.45) is 0 Å². The topological polar surface area (TPSA) is 71.5 Å². The van der Waals surface area contributed by atoms with E-state index in [2.05, 4.69) is 33.8 Å². The fourth-order valence-corrected chi connectivity index (χ4v) is 4.90. The molecule has 0 saturated carbocycles. The summed E-state index contributed by atoms with van der Waals surface area (Å²) in [5, 5.41) is 2.67. The number of nitrogens with zero attached hydrogens (tertiary/aromatic N) is 3. The molecular formula is C18H16N4OS2. The molecule has 4 aromatic rings. The van der Waals surface area contributed by atoms with E-state index in [0.717, 1.165) is 21.1 Å². The summed E-state index contributed by atoms with van der Waals surface area (Å²) in [6.07, 6.45) is 0. The van der Waals surface area contributed by atoms with Crippen LogP contribution >= 0.6 is 23.1 Å². The first-order valence-electron chi connectivity index (χ1n) is 7.88. The predicted octanol–water partition coefficient (Wildman–Crippen LogP) is 4.15. The molecule has 0 spiro atoms. The van der Waals surface area contributed by atoms with E-state index in [-0.39, 0.29) is 5.56 Å². The van der Waals surface area contributed by atoms with Gasteiger partial charge in [0.15, 0.2) is 0 Å². The maximum Gasteiger partial charge on any atom is 0.258 e. The van der Waals surface area contributed by atoms with Crippen molar-refractivity contribution in [1.29, 1.82) is 0 Å². The van der Waals surface area contributed by atoms with Crippen LogP contribution in [-0.2, 0) is 5.75 Å². The van der Waals surface area contributed by atoms with Crippen LogP contribution in [0.15, 0.2) is 34.1 Å². The first-order valence-corrected chi connectivity index (χ1v) is 9.68. The number of H-pyrrole nitrogens is 1. The van der Waals surface area contributed by atoms with Crippen LogP contribution in [0.5, 0.6) is 0 Å². The molecule has 7 heteroatoms. The summed E-state index contributed by atoms with van der Waals surface area (Å²) in [4.78, 5) is 31.1. The van der Waals surface area contributed by atoms with E-state index < -0.39 is 0 Å². The SMILES string of the molecule is Cc1nc(SCc2nc3ccccc3c(=O)[nH]2)c2c(C)c(C)sc2n1. The van der Waals surface area contributed by atoms with Gasteiger partial charge in [0.25, 0.3) is 5.56 Å². The molecule has 1 aromatic carbocycles. The molecule has 4 rings (SSSR count). The summed E-state index contributed by atoms with van der Waals surface area (Å²) in [5.74, 6) is 1.97. The Bertz CT molecular complexity index is 1160. The fourth-order valence-electron chi connectivity index (χ4n) is 2.76. The lowest BCUT2D eigenvalue weighted by Crippen LogP contribution is -2.11. The van der Waals surface area contributed by atoms with Crippen LogP contribution in [0.1, 0.15) is 22.1 Å². The minimum absolute atomic E-state index is 0.104. The maximum absolute atomic E-state index is 12.2. The van der Waals surface area contributed by atoms with Gasteiger partial charge in [-0.05, 0) is 38.5 Å². The Hall–Kier alpha value is -2.25. The van der Waals surface area contributed by atoms with E-state index in [1.807, 2.05) is 25.1 Å². The number of rotatable bonds is 3. The van der Waals surface area contributed by atoms with E-state index >= 15 is 0 Å². The number of fused-ring (bicyclic) bond motifs is 2. The summed E-state index contributed by atoms with van der Waals surface area (Å²) >= 11 is 3.28. The quantitative estimate of drug-likeness (QED) is 0.434. The highest BCUT2D eigenvalue weighted by Gasteiger charge is 2.14. The molecule has 126 valence electrons. The van der Waals surface area contributed by atoms with Crippen LogP contribution in [0.3, 0.4) is 0 Å². The average molecular weight is 368 g/mol. The lowest BCUT2D eigenvalue weighted by Gasteiger charge is -2.06. The number of hydrogen-bond acceptors (Lipinski definition) is 6. The Morgan fingerprint density at radius 3 is 2.76 bits per heavy atom. The summed E-state index contributed by atoms with van der Waals surface area (Å²) in [6, 6.07) is 7.38. The van der Waals surface area contributed by atoms with Crippen LogP contribution in [0, 0.1) is 20.8 Å². The van der Waals surface area contributed by atoms with E-state index in [4.69, 9.17) is 0 Å². The number of thiophene rings is 1. The van der Waals surface area contributed by atoms with Crippen LogP contribution in [0.2, 0.25) is 0 Å². The number of aromatic amines is 1. The summed E-state index contributed by atoms with van der Waals surface area (Å²) in [7, 11) is 0. The molecule has 1 N–H and O–H groups in total. The third-order valence-electron chi connectivity index (χ3n) is 4.11. The highest BCUT2D eigenvalue weighted by atomic mass is 32.2. The molecule has 5 nitrogen and oxygen atoms in total. The maximum atomic E-state index is 12.2. The minimum atomic E-state index is -0.104. The van der Waals surface area contributed by atoms with Crippen LogP contribution < -0.4 is 5.56 Å². The monoisotopic (exact) mass is 368 g/mol. The zero-order valence-electron chi connectivity index (χ0n) is 14.1. The number of aryl methyl sites for hydroxylation is 3. The largest absolute Gasteiger partial charge is 0.309 e. The number of hydrogen-bond donors (Lipinski definition) is 1. The average Bonchev–Trinajstić information content (AvgIpc) is 2.87. The van der Waals surface area contributed by atoms with Crippen molar-refractivity contribution >= 4 is 44.2 Å². The highest BCUT2D eigenvalue weighted by molar-refractivity contribution is 7.98. The van der Waals surface area contributed by atoms with Gasteiger partial charge in [0, 0.05) is 10.3 Å². The Morgan fingerprint density at radius 2 is 1.92 bits per heavy atom. The molecule has 0 saturated heterocycles. The smallest absolute Gasteiger partial charge is 0.258 e. The van der Waals surface area contributed by atoms with E-state index in [0.29, 0.717) is 22.5 Å². The molecule has 25 heavy (non-hydrogen) atoms. The lowest BCUT2D eigenvalue weighted by atomic mass is 10.2. The molecule has 0 fully saturated rings. The van der Waals surface area contributed by atoms with Crippen molar-refractivity contribution in [2.45, 2.75) is 31.6 Å². The molecule has 0 aliphatic heterocycles. The summed E-state index contributed by atoms with van der Waals surface area (Å²) < 4.78 is 0. The number of aromatic nitrogens is 4. The predicted molar refractivity (Wildman–Crippen MR) is 104 cm³/mol. The van der Waals surface area contributed by atoms with Gasteiger partial charge in [-0.1, -0.05) is 23.9 Å². The van der Waals surface area contributed by atoms with Crippen molar-refractivity contribution in [2.75, 3.05) is 0 Å². The van der Waals surface area contributed by atoms with Gasteiger partial charge in [-0.25, -0.2) is 15.0 Å². The van der Waals surface area contributed by atoms with Gasteiger partial charge in [0.05, 0.1) is 16.7 Å². The van der Waals surface area contributed by atoms with Crippen molar-refractivity contribution in [3.8, 4) is 0 Å². The Kier molecular flexibility index (Phi) is 4.05. The van der Waals surface area contributed by atoms with Crippen LogP contribution in [0.4, 0.5) is 0 Å². The number of thioether (sulfide) groups is 1. The molecular weight excluding hydrogens is 352 g/mol. The molecule has 0 radical (unpaired) electrons. The first kappa shape index (κ1) is 16.2. The first-order chi connectivity index (χ1) is 12.0. The molecule has 0 aliphatic carbocycles. The standard InChI is InChI=1S/C18H16N4OS2/c1-9-10(2)25-18-15(9)17(19-11(3)20-18)24-8-14-21-13-7-5-4-6-12(13)16(23)22-14/h4-7H,8H2,1-3H3,(H,21,22,23). The molecule has 0 unspecified atom stereocenters. The second-order valence-corrected chi connectivity index (χ2v) is 8.03. The lowest BCUT2D eigenvalue weighted by molar-refractivity contribution is 1.00. The second-order valence-electron chi connectivity index (χ2n) is 5.86. The Morgan fingerprint density at radius 1 is 1.12 bits per heavy atom. The van der Waals surface area contributed by atoms with Gasteiger partial charge < -0.3 is 4.98 Å². The number of para-hydroxylation sites is 1.